The van der Waals surface area contributed by atoms with E-state index >= 15 is 0 Å². The number of rotatable bonds is 5. The fourth-order valence-electron chi connectivity index (χ4n) is 3.51. The van der Waals surface area contributed by atoms with Gasteiger partial charge in [0.25, 0.3) is 5.22 Å². The number of ether oxygens (including phenoxy) is 2. The summed E-state index contributed by atoms with van der Waals surface area (Å²) in [4.78, 5) is 14.3. The first-order valence-corrected chi connectivity index (χ1v) is 12.5. The summed E-state index contributed by atoms with van der Waals surface area (Å²) in [6, 6.07) is -0.194. The van der Waals surface area contributed by atoms with E-state index in [2.05, 4.69) is 10.2 Å². The van der Waals surface area contributed by atoms with Crippen molar-refractivity contribution in [2.75, 3.05) is 23.9 Å². The molecule has 29 heavy (non-hydrogen) atoms. The lowest BCUT2D eigenvalue weighted by molar-refractivity contribution is -0.0617. The molecule has 2 fully saturated rings. The van der Waals surface area contributed by atoms with Gasteiger partial charge in [-0.2, -0.15) is 0 Å². The van der Waals surface area contributed by atoms with Gasteiger partial charge in [-0.3, -0.25) is 4.90 Å². The molecule has 3 heterocycles. The minimum Gasteiger partial charge on any atom is -0.444 e. The van der Waals surface area contributed by atoms with E-state index in [-0.39, 0.29) is 23.5 Å². The molecule has 2 saturated heterocycles. The van der Waals surface area contributed by atoms with Crippen LogP contribution in [0, 0.1) is 5.92 Å². The van der Waals surface area contributed by atoms with Crippen LogP contribution in [0.1, 0.15) is 46.9 Å². The lowest BCUT2D eigenvalue weighted by atomic mass is 10.1. The predicted molar refractivity (Wildman–Crippen MR) is 107 cm³/mol. The molecule has 0 spiro atoms. The van der Waals surface area contributed by atoms with Gasteiger partial charge in [-0.05, 0) is 47.0 Å². The molecule has 0 radical (unpaired) electrons. The van der Waals surface area contributed by atoms with Crippen LogP contribution in [0.3, 0.4) is 0 Å². The van der Waals surface area contributed by atoms with Crippen LogP contribution in [-0.2, 0) is 25.7 Å². The summed E-state index contributed by atoms with van der Waals surface area (Å²) in [5.41, 5.74) is -1.36. The first-order chi connectivity index (χ1) is 13.3. The lowest BCUT2D eigenvalue weighted by Crippen LogP contribution is -2.50. The number of hydrogen-bond donors (Lipinski definition) is 0. The first kappa shape index (κ1) is 22.4. The fraction of sp³-hybridized carbons (Fsp3) is 0.833. The van der Waals surface area contributed by atoms with Crippen molar-refractivity contribution in [3.05, 3.63) is 5.89 Å². The molecule has 0 bridgehead atoms. The van der Waals surface area contributed by atoms with Crippen molar-refractivity contribution in [3.8, 4) is 0 Å². The highest BCUT2D eigenvalue weighted by molar-refractivity contribution is 7.99. The highest BCUT2D eigenvalue weighted by Gasteiger charge is 2.45. The fourth-order valence-corrected chi connectivity index (χ4v) is 6.21. The lowest BCUT2D eigenvalue weighted by Gasteiger charge is -2.34. The van der Waals surface area contributed by atoms with Gasteiger partial charge in [-0.15, -0.1) is 10.2 Å². The van der Waals surface area contributed by atoms with Gasteiger partial charge in [0.05, 0.1) is 24.2 Å². The van der Waals surface area contributed by atoms with Crippen LogP contribution in [0.2, 0.25) is 0 Å². The average Bonchev–Trinajstić information content (AvgIpc) is 3.21. The second-order valence-electron chi connectivity index (χ2n) is 9.01. The van der Waals surface area contributed by atoms with Gasteiger partial charge in [-0.25, -0.2) is 13.2 Å². The van der Waals surface area contributed by atoms with Gasteiger partial charge in [0.1, 0.15) is 11.3 Å². The van der Waals surface area contributed by atoms with E-state index in [0.717, 1.165) is 0 Å². The van der Waals surface area contributed by atoms with Crippen LogP contribution in [0.4, 0.5) is 4.79 Å². The normalized spacial score (nSPS) is 26.0. The molecule has 3 rings (SSSR count). The molecule has 0 unspecified atom stereocenters. The van der Waals surface area contributed by atoms with E-state index in [1.165, 1.54) is 11.8 Å². The zero-order valence-corrected chi connectivity index (χ0v) is 19.1. The van der Waals surface area contributed by atoms with Crippen LogP contribution >= 0.6 is 11.8 Å². The standard InChI is InChI=1S/C18H29N3O6S2/c1-17(2,3)27-16(22)21-13(9-25-18(21,4)5)10-28-15-20-19-14(26-15)8-12-6-7-29(23,24)11-12/h12-13H,6-11H2,1-5H3/t12-,13+/m0/s1. The summed E-state index contributed by atoms with van der Waals surface area (Å²) in [5.74, 6) is 1.40. The molecule has 0 N–H and O–H groups in total. The van der Waals surface area contributed by atoms with Crippen LogP contribution in [-0.4, -0.2) is 70.8 Å². The first-order valence-electron chi connectivity index (χ1n) is 9.66. The molecule has 0 aromatic carbocycles. The molecule has 1 amide bonds. The highest BCUT2D eigenvalue weighted by atomic mass is 32.2. The quantitative estimate of drug-likeness (QED) is 0.628. The molecule has 1 aromatic heterocycles. The summed E-state index contributed by atoms with van der Waals surface area (Å²) in [6.45, 7) is 9.54. The van der Waals surface area contributed by atoms with E-state index in [1.54, 1.807) is 4.90 Å². The molecule has 11 heteroatoms. The number of hydrogen-bond acceptors (Lipinski definition) is 9. The van der Waals surface area contributed by atoms with Crippen LogP contribution in [0.5, 0.6) is 0 Å². The number of aromatic nitrogens is 2. The van der Waals surface area contributed by atoms with Crippen molar-refractivity contribution < 1.29 is 27.1 Å². The Bertz CT molecular complexity index is 846. The van der Waals surface area contributed by atoms with Crippen molar-refractivity contribution in [2.45, 2.75) is 70.1 Å². The third kappa shape index (κ3) is 5.85. The van der Waals surface area contributed by atoms with Crippen molar-refractivity contribution >= 4 is 27.7 Å². The molecule has 1 aromatic rings. The zero-order chi connectivity index (χ0) is 21.4. The Labute approximate surface area is 175 Å². The topological polar surface area (TPSA) is 112 Å². The number of nitrogens with zero attached hydrogens (tertiary/aromatic N) is 3. The molecular weight excluding hydrogens is 418 g/mol. The minimum absolute atomic E-state index is 0.0324. The Balaban J connectivity index is 1.57. The van der Waals surface area contributed by atoms with Gasteiger partial charge in [0.15, 0.2) is 9.84 Å². The van der Waals surface area contributed by atoms with Crippen LogP contribution in [0.25, 0.3) is 0 Å². The minimum atomic E-state index is -2.93. The van der Waals surface area contributed by atoms with Crippen LogP contribution < -0.4 is 0 Å². The van der Waals surface area contributed by atoms with Crippen molar-refractivity contribution in [2.24, 2.45) is 5.92 Å². The highest BCUT2D eigenvalue weighted by Crippen LogP contribution is 2.32. The van der Waals surface area contributed by atoms with Gasteiger partial charge >= 0.3 is 6.09 Å². The smallest absolute Gasteiger partial charge is 0.412 e. The number of amides is 1. The maximum absolute atomic E-state index is 12.7. The molecular formula is C18H29N3O6S2. The Kier molecular flexibility index (Phi) is 6.22. The second kappa shape index (κ2) is 8.07. The Hall–Kier alpha value is -1.33. The second-order valence-corrected chi connectivity index (χ2v) is 12.2. The van der Waals surface area contributed by atoms with E-state index in [1.807, 2.05) is 34.6 Å². The maximum atomic E-state index is 12.7. The van der Waals surface area contributed by atoms with E-state index < -0.39 is 27.3 Å². The zero-order valence-electron chi connectivity index (χ0n) is 17.5. The largest absolute Gasteiger partial charge is 0.444 e. The van der Waals surface area contributed by atoms with E-state index in [4.69, 9.17) is 13.9 Å². The predicted octanol–water partition coefficient (Wildman–Crippen LogP) is 2.51. The maximum Gasteiger partial charge on any atom is 0.412 e. The van der Waals surface area contributed by atoms with Gasteiger partial charge in [0.2, 0.25) is 5.89 Å². The van der Waals surface area contributed by atoms with E-state index in [9.17, 15) is 13.2 Å². The Morgan fingerprint density at radius 1 is 1.34 bits per heavy atom. The molecule has 0 saturated carbocycles. The third-order valence-corrected chi connectivity index (χ3v) is 7.60. The molecule has 164 valence electrons. The average molecular weight is 448 g/mol. The van der Waals surface area contributed by atoms with Gasteiger partial charge in [-0.1, -0.05) is 11.8 Å². The summed E-state index contributed by atoms with van der Waals surface area (Å²) in [6.07, 6.45) is 0.683. The summed E-state index contributed by atoms with van der Waals surface area (Å²) in [7, 11) is -2.93. The van der Waals surface area contributed by atoms with E-state index in [0.29, 0.717) is 36.3 Å². The summed E-state index contributed by atoms with van der Waals surface area (Å²) in [5, 5.41) is 8.48. The molecule has 2 aliphatic heterocycles. The third-order valence-electron chi connectivity index (χ3n) is 4.80. The molecule has 2 atom stereocenters. The van der Waals surface area contributed by atoms with Crippen LogP contribution in [0.15, 0.2) is 9.64 Å². The number of carbonyl (C=O) groups is 1. The van der Waals surface area contributed by atoms with Gasteiger partial charge < -0.3 is 13.9 Å². The molecule has 9 nitrogen and oxygen atoms in total. The number of sulfone groups is 1. The number of thioether (sulfide) groups is 1. The Morgan fingerprint density at radius 2 is 2.07 bits per heavy atom. The SMILES string of the molecule is CC(C)(C)OC(=O)N1[C@@H](CSc2nnc(C[C@@H]3CCS(=O)(=O)C3)o2)COC1(C)C. The van der Waals surface area contributed by atoms with Crippen molar-refractivity contribution in [3.63, 3.8) is 0 Å². The summed E-state index contributed by atoms with van der Waals surface area (Å²) < 4.78 is 40.2. The summed E-state index contributed by atoms with van der Waals surface area (Å²) >= 11 is 1.35. The Morgan fingerprint density at radius 3 is 2.69 bits per heavy atom. The van der Waals surface area contributed by atoms with Crippen molar-refractivity contribution in [1.82, 2.24) is 15.1 Å². The van der Waals surface area contributed by atoms with Gasteiger partial charge in [0, 0.05) is 12.2 Å². The molecule has 0 aliphatic carbocycles. The monoisotopic (exact) mass is 447 g/mol. The number of carbonyl (C=O) groups excluding carboxylic acids is 1. The molecule has 2 aliphatic rings. The van der Waals surface area contributed by atoms with Crippen molar-refractivity contribution in [1.29, 1.82) is 0 Å².